The number of carbonyl (C=O) groups excluding carboxylic acids is 1. The van der Waals surface area contributed by atoms with Crippen LogP contribution in [0, 0.1) is 0 Å². The Balaban J connectivity index is 4.50. The summed E-state index contributed by atoms with van der Waals surface area (Å²) < 4.78 is 37.4. The van der Waals surface area contributed by atoms with Gasteiger partial charge in [-0.2, -0.15) is 13.2 Å². The van der Waals surface area contributed by atoms with Crippen LogP contribution in [0.5, 0.6) is 0 Å². The summed E-state index contributed by atoms with van der Waals surface area (Å²) in [6, 6.07) is 0. The van der Waals surface area contributed by atoms with Gasteiger partial charge in [0.1, 0.15) is 0 Å². The zero-order chi connectivity index (χ0) is 9.99. The van der Waals surface area contributed by atoms with Crippen molar-refractivity contribution in [3.63, 3.8) is 0 Å². The van der Waals surface area contributed by atoms with Gasteiger partial charge in [-0.25, -0.2) is 4.79 Å². The maximum Gasteiger partial charge on any atom is 0.424 e. The molecule has 0 saturated heterocycles. The molecular formula is C5H5Br2F3O2. The molecule has 7 heteroatoms. The highest BCUT2D eigenvalue weighted by molar-refractivity contribution is 9.26. The van der Waals surface area contributed by atoms with E-state index in [4.69, 9.17) is 0 Å². The smallest absolute Gasteiger partial charge is 0.424 e. The van der Waals surface area contributed by atoms with E-state index in [9.17, 15) is 18.0 Å². The van der Waals surface area contributed by atoms with E-state index in [2.05, 4.69) is 36.6 Å². The molecule has 0 aliphatic rings. The lowest BCUT2D eigenvalue weighted by Gasteiger charge is -2.20. The van der Waals surface area contributed by atoms with E-state index in [-0.39, 0.29) is 6.61 Å². The number of halogens is 5. The van der Waals surface area contributed by atoms with Crippen molar-refractivity contribution in [2.45, 2.75) is 16.3 Å². The lowest BCUT2D eigenvalue weighted by Crippen LogP contribution is -2.42. The summed E-state index contributed by atoms with van der Waals surface area (Å²) in [7, 11) is 0. The van der Waals surface area contributed by atoms with Crippen molar-refractivity contribution in [1.29, 1.82) is 0 Å². The number of esters is 1. The molecule has 12 heavy (non-hydrogen) atoms. The second-order valence-electron chi connectivity index (χ2n) is 1.79. The molecule has 0 radical (unpaired) electrons. The Hall–Kier alpha value is 0.220. The van der Waals surface area contributed by atoms with Crippen LogP contribution in [0.25, 0.3) is 0 Å². The van der Waals surface area contributed by atoms with Crippen LogP contribution < -0.4 is 0 Å². The molecule has 0 aromatic heterocycles. The zero-order valence-electron chi connectivity index (χ0n) is 5.91. The Morgan fingerprint density at radius 3 is 2.08 bits per heavy atom. The molecule has 0 heterocycles. The lowest BCUT2D eigenvalue weighted by molar-refractivity contribution is -0.170. The van der Waals surface area contributed by atoms with Gasteiger partial charge in [0, 0.05) is 0 Å². The number of rotatable bonds is 2. The maximum atomic E-state index is 12.0. The average molecular weight is 314 g/mol. The Morgan fingerprint density at radius 2 is 1.83 bits per heavy atom. The third-order valence-electron chi connectivity index (χ3n) is 0.888. The highest BCUT2D eigenvalue weighted by Crippen LogP contribution is 2.43. The van der Waals surface area contributed by atoms with Crippen LogP contribution in [-0.4, -0.2) is 22.0 Å². The van der Waals surface area contributed by atoms with E-state index in [1.807, 2.05) is 0 Å². The topological polar surface area (TPSA) is 26.3 Å². The molecule has 0 aromatic rings. The minimum Gasteiger partial charge on any atom is -0.464 e. The van der Waals surface area contributed by atoms with E-state index in [1.165, 1.54) is 6.92 Å². The largest absolute Gasteiger partial charge is 0.464 e. The summed E-state index contributed by atoms with van der Waals surface area (Å²) in [5.41, 5.74) is 0. The Kier molecular flexibility index (Phi) is 4.02. The van der Waals surface area contributed by atoms with Crippen LogP contribution in [0.4, 0.5) is 13.2 Å². The van der Waals surface area contributed by atoms with E-state index in [0.29, 0.717) is 0 Å². The van der Waals surface area contributed by atoms with Crippen molar-refractivity contribution in [1.82, 2.24) is 0 Å². The van der Waals surface area contributed by atoms with E-state index < -0.39 is 15.4 Å². The Morgan fingerprint density at radius 1 is 1.42 bits per heavy atom. The number of hydrogen-bond acceptors (Lipinski definition) is 2. The summed E-state index contributed by atoms with van der Waals surface area (Å²) >= 11 is 4.37. The normalized spacial score (nSPS) is 12.8. The highest BCUT2D eigenvalue weighted by atomic mass is 79.9. The molecule has 0 spiro atoms. The van der Waals surface area contributed by atoms with Crippen LogP contribution in [0.15, 0.2) is 0 Å². The van der Waals surface area contributed by atoms with Gasteiger partial charge in [-0.15, -0.1) is 0 Å². The fourth-order valence-electron chi connectivity index (χ4n) is 0.337. The Labute approximate surface area is 83.7 Å². The van der Waals surface area contributed by atoms with Gasteiger partial charge in [0.25, 0.3) is 3.23 Å². The van der Waals surface area contributed by atoms with Crippen LogP contribution in [-0.2, 0) is 9.53 Å². The predicted molar refractivity (Wildman–Crippen MR) is 43.3 cm³/mol. The monoisotopic (exact) mass is 312 g/mol. The van der Waals surface area contributed by atoms with Crippen molar-refractivity contribution in [3.05, 3.63) is 0 Å². The maximum absolute atomic E-state index is 12.0. The summed E-state index contributed by atoms with van der Waals surface area (Å²) in [6.45, 7) is 1.32. The third-order valence-corrected chi connectivity index (χ3v) is 2.43. The van der Waals surface area contributed by atoms with E-state index >= 15 is 0 Å². The first-order chi connectivity index (χ1) is 5.23. The van der Waals surface area contributed by atoms with Gasteiger partial charge < -0.3 is 4.74 Å². The third kappa shape index (κ3) is 2.62. The average Bonchev–Trinajstić information content (AvgIpc) is 1.85. The van der Waals surface area contributed by atoms with E-state index in [1.54, 1.807) is 0 Å². The summed E-state index contributed by atoms with van der Waals surface area (Å²) in [4.78, 5) is 10.7. The van der Waals surface area contributed by atoms with E-state index in [0.717, 1.165) is 0 Å². The molecule has 72 valence electrons. The molecule has 0 N–H and O–H groups in total. The first kappa shape index (κ1) is 12.2. The molecule has 0 aliphatic heterocycles. The van der Waals surface area contributed by atoms with Crippen molar-refractivity contribution < 1.29 is 22.7 Å². The standard InChI is InChI=1S/C5H5Br2F3O2/c1-2-12-3(11)4(6,7)5(8,9)10/h2H2,1H3. The molecule has 2 nitrogen and oxygen atoms in total. The molecular weight excluding hydrogens is 309 g/mol. The molecule has 0 atom stereocenters. The van der Waals surface area contributed by atoms with Gasteiger partial charge in [0.05, 0.1) is 6.61 Å². The molecule has 0 bridgehead atoms. The SMILES string of the molecule is CCOC(=O)C(Br)(Br)C(F)(F)F. The second-order valence-corrected chi connectivity index (χ2v) is 5.24. The van der Waals surface area contributed by atoms with Gasteiger partial charge in [0.15, 0.2) is 0 Å². The van der Waals surface area contributed by atoms with Crippen LogP contribution in [0.3, 0.4) is 0 Å². The Bertz CT molecular complexity index is 178. The molecule has 0 amide bonds. The number of alkyl halides is 5. The lowest BCUT2D eigenvalue weighted by atomic mass is 10.4. The minimum absolute atomic E-state index is 0.103. The van der Waals surface area contributed by atoms with Gasteiger partial charge in [-0.3, -0.25) is 0 Å². The van der Waals surface area contributed by atoms with Crippen molar-refractivity contribution >= 4 is 37.8 Å². The van der Waals surface area contributed by atoms with Gasteiger partial charge in [0.2, 0.25) is 0 Å². The number of ether oxygens (including phenoxy) is 1. The van der Waals surface area contributed by atoms with Crippen LogP contribution in [0.1, 0.15) is 6.92 Å². The minimum atomic E-state index is -4.72. The summed E-state index contributed by atoms with van der Waals surface area (Å²) in [5.74, 6) is -1.41. The number of hydrogen-bond donors (Lipinski definition) is 0. The fourth-order valence-corrected chi connectivity index (χ4v) is 0.566. The van der Waals surface area contributed by atoms with Gasteiger partial charge in [-0.05, 0) is 38.8 Å². The molecule has 0 rings (SSSR count). The molecule has 0 aromatic carbocycles. The van der Waals surface area contributed by atoms with Crippen molar-refractivity contribution in [3.8, 4) is 0 Å². The highest BCUT2D eigenvalue weighted by Gasteiger charge is 2.58. The molecule has 0 fully saturated rings. The first-order valence-corrected chi connectivity index (χ1v) is 4.43. The van der Waals surface area contributed by atoms with Crippen LogP contribution >= 0.6 is 31.9 Å². The van der Waals surface area contributed by atoms with Crippen molar-refractivity contribution in [2.24, 2.45) is 0 Å². The van der Waals surface area contributed by atoms with Crippen LogP contribution in [0.2, 0.25) is 0 Å². The first-order valence-electron chi connectivity index (χ1n) is 2.85. The van der Waals surface area contributed by atoms with Gasteiger partial charge in [-0.1, -0.05) is 0 Å². The summed E-state index contributed by atoms with van der Waals surface area (Å²) in [6.07, 6.45) is -4.72. The van der Waals surface area contributed by atoms with Crippen molar-refractivity contribution in [2.75, 3.05) is 6.61 Å². The molecule has 0 unspecified atom stereocenters. The second kappa shape index (κ2) is 3.95. The summed E-state index contributed by atoms with van der Waals surface area (Å²) in [5, 5.41) is 0. The quantitative estimate of drug-likeness (QED) is 0.578. The number of carbonyl (C=O) groups is 1. The fraction of sp³-hybridized carbons (Fsp3) is 0.800. The van der Waals surface area contributed by atoms with Gasteiger partial charge >= 0.3 is 12.1 Å². The zero-order valence-corrected chi connectivity index (χ0v) is 9.09. The predicted octanol–water partition coefficient (Wildman–Crippen LogP) is 2.60. The molecule has 0 aliphatic carbocycles. The molecule has 0 saturated carbocycles.